The average Bonchev–Trinajstić information content (AvgIpc) is 3.52. The number of nitrogens with zero attached hydrogens (tertiary/aromatic N) is 2. The smallest absolute Gasteiger partial charge is 0.337 e. The Balaban J connectivity index is 1.44. The number of aryl methyl sites for hydroxylation is 2. The first-order valence-electron chi connectivity index (χ1n) is 13.2. The molecule has 9 heteroatoms. The van der Waals surface area contributed by atoms with Crippen molar-refractivity contribution in [3.8, 4) is 28.1 Å². The van der Waals surface area contributed by atoms with Gasteiger partial charge in [-0.2, -0.15) is 11.8 Å². The van der Waals surface area contributed by atoms with Gasteiger partial charge in [0, 0.05) is 40.9 Å². The number of fused-ring (bicyclic) bond motifs is 1. The highest BCUT2D eigenvalue weighted by molar-refractivity contribution is 7.98. The number of aromatic carboxylic acids is 1. The number of benzene rings is 3. The molecule has 212 valence electrons. The number of halogens is 2. The minimum absolute atomic E-state index is 0.0895. The summed E-state index contributed by atoms with van der Waals surface area (Å²) >= 11 is 14.7. The van der Waals surface area contributed by atoms with Crippen LogP contribution in [0, 0.1) is 6.92 Å². The number of carbonyl (C=O) groups is 1. The van der Waals surface area contributed by atoms with E-state index in [1.54, 1.807) is 36.2 Å². The highest BCUT2D eigenvalue weighted by Crippen LogP contribution is 2.39. The molecule has 0 aliphatic carbocycles. The van der Waals surface area contributed by atoms with E-state index in [9.17, 15) is 9.90 Å². The van der Waals surface area contributed by atoms with Gasteiger partial charge >= 0.3 is 5.97 Å². The molecule has 5 aromatic rings. The summed E-state index contributed by atoms with van der Waals surface area (Å²) < 4.78 is 14.0. The molecule has 2 heterocycles. The fourth-order valence-corrected chi connectivity index (χ4v) is 6.00. The fraction of sp³-hybridized carbons (Fsp3) is 0.250. The zero-order valence-electron chi connectivity index (χ0n) is 23.2. The molecule has 0 aliphatic rings. The number of aromatic nitrogens is 2. The van der Waals surface area contributed by atoms with Crippen molar-refractivity contribution >= 4 is 51.8 Å². The Morgan fingerprint density at radius 2 is 1.88 bits per heavy atom. The van der Waals surface area contributed by atoms with Crippen LogP contribution in [-0.4, -0.2) is 32.8 Å². The third-order valence-corrected chi connectivity index (χ3v) is 8.30. The SMILES string of the molecule is CSCCn1cc(C(=O)O)c2ccc(-c3ccc(OCc4c(-c5c(Cl)cccc5Cl)noc4C(C)C)cc3C)cc21. The monoisotopic (exact) mass is 608 g/mol. The van der Waals surface area contributed by atoms with Crippen molar-refractivity contribution in [1.29, 1.82) is 0 Å². The topological polar surface area (TPSA) is 77.5 Å². The molecule has 5 rings (SSSR count). The van der Waals surface area contributed by atoms with Gasteiger partial charge in [0.2, 0.25) is 0 Å². The first kappa shape index (κ1) is 29.1. The molecule has 0 spiro atoms. The lowest BCUT2D eigenvalue weighted by Gasteiger charge is -2.13. The lowest BCUT2D eigenvalue weighted by atomic mass is 9.98. The number of hydrogen-bond donors (Lipinski definition) is 1. The summed E-state index contributed by atoms with van der Waals surface area (Å²) in [4.78, 5) is 11.8. The molecular formula is C32H30Cl2N2O4S. The summed E-state index contributed by atoms with van der Waals surface area (Å²) in [5.74, 6) is 1.50. The average molecular weight is 610 g/mol. The van der Waals surface area contributed by atoms with E-state index in [1.807, 2.05) is 61.9 Å². The molecule has 0 bridgehead atoms. The zero-order valence-corrected chi connectivity index (χ0v) is 25.5. The van der Waals surface area contributed by atoms with Crippen LogP contribution in [0.3, 0.4) is 0 Å². The molecule has 41 heavy (non-hydrogen) atoms. The van der Waals surface area contributed by atoms with E-state index in [1.165, 1.54) is 0 Å². The first-order valence-corrected chi connectivity index (χ1v) is 15.4. The Morgan fingerprint density at radius 3 is 2.54 bits per heavy atom. The van der Waals surface area contributed by atoms with E-state index in [0.29, 0.717) is 32.6 Å². The van der Waals surface area contributed by atoms with Crippen molar-refractivity contribution in [1.82, 2.24) is 9.72 Å². The predicted molar refractivity (Wildman–Crippen MR) is 168 cm³/mol. The van der Waals surface area contributed by atoms with Gasteiger partial charge < -0.3 is 18.9 Å². The van der Waals surface area contributed by atoms with Crippen LogP contribution in [0.5, 0.6) is 5.75 Å². The summed E-state index contributed by atoms with van der Waals surface area (Å²) in [6.07, 6.45) is 3.78. The van der Waals surface area contributed by atoms with Gasteiger partial charge in [-0.05, 0) is 60.2 Å². The van der Waals surface area contributed by atoms with Crippen LogP contribution in [-0.2, 0) is 13.2 Å². The molecule has 0 aliphatic heterocycles. The molecule has 6 nitrogen and oxygen atoms in total. The molecule has 0 saturated heterocycles. The van der Waals surface area contributed by atoms with E-state index in [2.05, 4.69) is 11.2 Å². The molecular weight excluding hydrogens is 579 g/mol. The molecule has 0 fully saturated rings. The summed E-state index contributed by atoms with van der Waals surface area (Å²) in [5, 5.41) is 15.7. The Hall–Kier alpha value is -3.39. The second-order valence-corrected chi connectivity index (χ2v) is 12.0. The normalized spacial score (nSPS) is 11.5. The van der Waals surface area contributed by atoms with E-state index in [-0.39, 0.29) is 12.5 Å². The van der Waals surface area contributed by atoms with Crippen molar-refractivity contribution in [2.45, 2.75) is 39.8 Å². The summed E-state index contributed by atoms with van der Waals surface area (Å²) in [6.45, 7) is 7.08. The number of carboxylic acid groups (broad SMARTS) is 1. The van der Waals surface area contributed by atoms with Gasteiger partial charge in [0.05, 0.1) is 21.2 Å². The van der Waals surface area contributed by atoms with Crippen molar-refractivity contribution in [2.24, 2.45) is 0 Å². The maximum atomic E-state index is 11.8. The number of carboxylic acids is 1. The Kier molecular flexibility index (Phi) is 8.68. The second-order valence-electron chi connectivity index (χ2n) is 10.2. The van der Waals surface area contributed by atoms with Crippen LogP contribution in [0.15, 0.2) is 65.3 Å². The van der Waals surface area contributed by atoms with Gasteiger partial charge in [-0.3, -0.25) is 0 Å². The third-order valence-electron chi connectivity index (χ3n) is 7.08. The lowest BCUT2D eigenvalue weighted by Crippen LogP contribution is -2.02. The van der Waals surface area contributed by atoms with Gasteiger partial charge in [-0.15, -0.1) is 0 Å². The minimum Gasteiger partial charge on any atom is -0.489 e. The summed E-state index contributed by atoms with van der Waals surface area (Å²) in [7, 11) is 0. The van der Waals surface area contributed by atoms with Crippen molar-refractivity contribution in [3.63, 3.8) is 0 Å². The second kappa shape index (κ2) is 12.2. The quantitative estimate of drug-likeness (QED) is 0.170. The number of ether oxygens (including phenoxy) is 1. The molecule has 0 atom stereocenters. The number of thioether (sulfide) groups is 1. The molecule has 3 aromatic carbocycles. The van der Waals surface area contributed by atoms with Crippen molar-refractivity contribution < 1.29 is 19.2 Å². The maximum absolute atomic E-state index is 11.8. The van der Waals surface area contributed by atoms with Gasteiger partial charge in [0.25, 0.3) is 0 Å². The van der Waals surface area contributed by atoms with Crippen LogP contribution in [0.2, 0.25) is 10.0 Å². The van der Waals surface area contributed by atoms with Crippen LogP contribution in [0.4, 0.5) is 0 Å². The lowest BCUT2D eigenvalue weighted by molar-refractivity contribution is 0.0698. The highest BCUT2D eigenvalue weighted by Gasteiger charge is 2.24. The van der Waals surface area contributed by atoms with Crippen LogP contribution in [0.25, 0.3) is 33.3 Å². The van der Waals surface area contributed by atoms with E-state index in [4.69, 9.17) is 32.5 Å². The van der Waals surface area contributed by atoms with Crippen LogP contribution < -0.4 is 4.74 Å². The summed E-state index contributed by atoms with van der Waals surface area (Å²) in [6, 6.07) is 17.3. The number of hydrogen-bond acceptors (Lipinski definition) is 5. The van der Waals surface area contributed by atoms with E-state index < -0.39 is 5.97 Å². The van der Waals surface area contributed by atoms with Gasteiger partial charge in [0.15, 0.2) is 0 Å². The fourth-order valence-electron chi connectivity index (χ4n) is 5.05. The molecule has 2 aromatic heterocycles. The molecule has 0 unspecified atom stereocenters. The maximum Gasteiger partial charge on any atom is 0.337 e. The first-order chi connectivity index (χ1) is 19.7. The minimum atomic E-state index is -0.920. The highest BCUT2D eigenvalue weighted by atomic mass is 35.5. The van der Waals surface area contributed by atoms with Crippen LogP contribution in [0.1, 0.15) is 47.0 Å². The Morgan fingerprint density at radius 1 is 1.12 bits per heavy atom. The number of rotatable bonds is 10. The van der Waals surface area contributed by atoms with E-state index >= 15 is 0 Å². The van der Waals surface area contributed by atoms with E-state index in [0.717, 1.165) is 51.2 Å². The zero-order chi connectivity index (χ0) is 29.3. The Bertz CT molecular complexity index is 1720. The molecule has 0 saturated carbocycles. The Labute approximate surface area is 253 Å². The summed E-state index contributed by atoms with van der Waals surface area (Å²) in [5.41, 5.74) is 6.34. The van der Waals surface area contributed by atoms with Crippen LogP contribution >= 0.6 is 35.0 Å². The van der Waals surface area contributed by atoms with Crippen molar-refractivity contribution in [3.05, 3.63) is 93.3 Å². The molecule has 0 amide bonds. The molecule has 0 radical (unpaired) electrons. The largest absolute Gasteiger partial charge is 0.489 e. The predicted octanol–water partition coefficient (Wildman–Crippen LogP) is 9.34. The third kappa shape index (κ3) is 5.85. The van der Waals surface area contributed by atoms with Gasteiger partial charge in [-0.1, -0.05) is 66.5 Å². The standard InChI is InChI=1S/C32H30Cl2N2O4S/c1-18(2)31-25(30(35-40-31)29-26(33)6-5-7-27(29)34)17-39-21-9-11-22(19(3)14-21)20-8-10-23-24(32(37)38)16-36(12-13-41-4)28(23)15-20/h5-11,14-16,18H,12-13,17H2,1-4H3,(H,37,38). The molecule has 1 N–H and O–H groups in total. The van der Waals surface area contributed by atoms with Gasteiger partial charge in [0.1, 0.15) is 23.8 Å². The van der Waals surface area contributed by atoms with Gasteiger partial charge in [-0.25, -0.2) is 4.79 Å². The van der Waals surface area contributed by atoms with Crippen molar-refractivity contribution in [2.75, 3.05) is 12.0 Å².